The summed E-state index contributed by atoms with van der Waals surface area (Å²) >= 11 is 0. The highest BCUT2D eigenvalue weighted by Crippen LogP contribution is 2.29. The molecule has 0 aliphatic rings. The summed E-state index contributed by atoms with van der Waals surface area (Å²) < 4.78 is 36.2. The lowest BCUT2D eigenvalue weighted by molar-refractivity contribution is -0.120. The Morgan fingerprint density at radius 3 is 2.39 bits per heavy atom. The van der Waals surface area contributed by atoms with E-state index < -0.39 is 15.9 Å². The van der Waals surface area contributed by atoms with Crippen LogP contribution in [0.25, 0.3) is 0 Å². The molecule has 0 aliphatic heterocycles. The van der Waals surface area contributed by atoms with Gasteiger partial charge in [0.2, 0.25) is 15.9 Å². The van der Waals surface area contributed by atoms with Crippen molar-refractivity contribution in [2.24, 2.45) is 0 Å². The number of nitrogens with zero attached hydrogens (tertiary/aromatic N) is 1. The average Bonchev–Trinajstić information content (AvgIpc) is 2.65. The van der Waals surface area contributed by atoms with E-state index in [2.05, 4.69) is 5.32 Å². The van der Waals surface area contributed by atoms with Crippen LogP contribution < -0.4 is 19.1 Å². The van der Waals surface area contributed by atoms with Crippen molar-refractivity contribution in [2.75, 3.05) is 31.3 Å². The highest BCUT2D eigenvalue weighted by atomic mass is 32.2. The quantitative estimate of drug-likeness (QED) is 0.729. The van der Waals surface area contributed by atoms with E-state index >= 15 is 0 Å². The first-order valence-corrected chi connectivity index (χ1v) is 10.6. The number of hydrogen-bond donors (Lipinski definition) is 1. The number of benzene rings is 2. The Balaban J connectivity index is 2.20. The molecule has 0 bridgehead atoms. The molecule has 0 aliphatic carbocycles. The zero-order valence-electron chi connectivity index (χ0n) is 16.7. The fourth-order valence-electron chi connectivity index (χ4n) is 2.90. The van der Waals surface area contributed by atoms with Gasteiger partial charge in [0.25, 0.3) is 0 Å². The highest BCUT2D eigenvalue weighted by molar-refractivity contribution is 7.92. The molecule has 0 heterocycles. The van der Waals surface area contributed by atoms with Gasteiger partial charge >= 0.3 is 0 Å². The standard InChI is InChI=1S/C20H26N2O5S/c1-14-8-6-7-9-18(14)22(28(5,24)25)13-20(23)21-15(2)17-11-10-16(26-3)12-19(17)27-4/h6-12,15H,13H2,1-5H3,(H,21,23). The maximum Gasteiger partial charge on any atom is 0.241 e. The second-order valence-electron chi connectivity index (χ2n) is 6.45. The van der Waals surface area contributed by atoms with Gasteiger partial charge in [-0.15, -0.1) is 0 Å². The first kappa shape index (κ1) is 21.6. The van der Waals surface area contributed by atoms with Crippen LogP contribution in [-0.4, -0.2) is 41.3 Å². The Bertz CT molecular complexity index is 943. The van der Waals surface area contributed by atoms with Gasteiger partial charge in [-0.1, -0.05) is 18.2 Å². The van der Waals surface area contributed by atoms with E-state index in [-0.39, 0.29) is 12.6 Å². The van der Waals surface area contributed by atoms with Crippen LogP contribution in [0.15, 0.2) is 42.5 Å². The number of rotatable bonds is 8. The van der Waals surface area contributed by atoms with E-state index in [1.807, 2.05) is 6.07 Å². The van der Waals surface area contributed by atoms with Crippen LogP contribution in [-0.2, 0) is 14.8 Å². The minimum absolute atomic E-state index is 0.313. The van der Waals surface area contributed by atoms with E-state index in [1.54, 1.807) is 57.4 Å². The van der Waals surface area contributed by atoms with Crippen LogP contribution in [0.3, 0.4) is 0 Å². The third-order valence-electron chi connectivity index (χ3n) is 4.36. The normalized spacial score (nSPS) is 12.2. The lowest BCUT2D eigenvalue weighted by Gasteiger charge is -2.25. The van der Waals surface area contributed by atoms with Gasteiger partial charge in [0.1, 0.15) is 18.0 Å². The first-order chi connectivity index (χ1) is 13.2. The SMILES string of the molecule is COc1ccc(C(C)NC(=O)CN(c2ccccc2C)S(C)(=O)=O)c(OC)c1. The molecule has 0 spiro atoms. The van der Waals surface area contributed by atoms with Crippen molar-refractivity contribution in [1.29, 1.82) is 0 Å². The summed E-state index contributed by atoms with van der Waals surface area (Å²) in [6, 6.07) is 12.0. The number of nitrogens with one attached hydrogen (secondary N) is 1. The molecule has 0 aromatic heterocycles. The Morgan fingerprint density at radius 1 is 1.14 bits per heavy atom. The number of ether oxygens (including phenoxy) is 2. The largest absolute Gasteiger partial charge is 0.497 e. The smallest absolute Gasteiger partial charge is 0.241 e. The van der Waals surface area contributed by atoms with Gasteiger partial charge in [-0.25, -0.2) is 8.42 Å². The molecule has 1 atom stereocenters. The van der Waals surface area contributed by atoms with Crippen molar-refractivity contribution in [2.45, 2.75) is 19.9 Å². The predicted molar refractivity (Wildman–Crippen MR) is 109 cm³/mol. The summed E-state index contributed by atoms with van der Waals surface area (Å²) in [5.41, 5.74) is 2.01. The predicted octanol–water partition coefficient (Wildman–Crippen LogP) is 2.66. The molecule has 0 saturated heterocycles. The van der Waals surface area contributed by atoms with Crippen molar-refractivity contribution in [3.05, 3.63) is 53.6 Å². The van der Waals surface area contributed by atoms with Crippen LogP contribution in [0.4, 0.5) is 5.69 Å². The second-order valence-corrected chi connectivity index (χ2v) is 8.36. The van der Waals surface area contributed by atoms with Crippen molar-refractivity contribution < 1.29 is 22.7 Å². The number of anilines is 1. The molecule has 0 fully saturated rings. The Labute approximate surface area is 166 Å². The van der Waals surface area contributed by atoms with Crippen LogP contribution in [0, 0.1) is 6.92 Å². The average molecular weight is 407 g/mol. The minimum Gasteiger partial charge on any atom is -0.497 e. The maximum atomic E-state index is 12.6. The van der Waals surface area contributed by atoms with Crippen molar-refractivity contribution in [3.63, 3.8) is 0 Å². The van der Waals surface area contributed by atoms with Crippen molar-refractivity contribution >= 4 is 21.6 Å². The number of aryl methyl sites for hydroxylation is 1. The summed E-state index contributed by atoms with van der Waals surface area (Å²) in [4.78, 5) is 12.6. The van der Waals surface area contributed by atoms with E-state index in [9.17, 15) is 13.2 Å². The number of carbonyl (C=O) groups is 1. The molecule has 1 N–H and O–H groups in total. The van der Waals surface area contributed by atoms with Crippen LogP contribution in [0.2, 0.25) is 0 Å². The third kappa shape index (κ3) is 5.16. The molecule has 1 unspecified atom stereocenters. The van der Waals surface area contributed by atoms with E-state index in [4.69, 9.17) is 9.47 Å². The number of sulfonamides is 1. The summed E-state index contributed by atoms with van der Waals surface area (Å²) in [6.07, 6.45) is 1.09. The third-order valence-corrected chi connectivity index (χ3v) is 5.48. The fraction of sp³-hybridized carbons (Fsp3) is 0.350. The molecule has 8 heteroatoms. The molecule has 2 aromatic carbocycles. The molecule has 1 amide bonds. The van der Waals surface area contributed by atoms with Crippen molar-refractivity contribution in [1.82, 2.24) is 5.32 Å². The second kappa shape index (κ2) is 8.97. The van der Waals surface area contributed by atoms with E-state index in [0.717, 1.165) is 21.7 Å². The van der Waals surface area contributed by atoms with E-state index in [1.165, 1.54) is 7.11 Å². The fourth-order valence-corrected chi connectivity index (χ4v) is 3.81. The number of para-hydroxylation sites is 1. The summed E-state index contributed by atoms with van der Waals surface area (Å²) in [5, 5.41) is 2.83. The molecule has 7 nitrogen and oxygen atoms in total. The van der Waals surface area contributed by atoms with Gasteiger partial charge in [0.15, 0.2) is 0 Å². The zero-order valence-corrected chi connectivity index (χ0v) is 17.5. The van der Waals surface area contributed by atoms with Crippen molar-refractivity contribution in [3.8, 4) is 11.5 Å². The van der Waals surface area contributed by atoms with Gasteiger partial charge in [-0.2, -0.15) is 0 Å². The number of methoxy groups -OCH3 is 2. The Kier molecular flexibility index (Phi) is 6.90. The van der Waals surface area contributed by atoms with Gasteiger partial charge in [-0.3, -0.25) is 9.10 Å². The molecular formula is C20H26N2O5S. The maximum absolute atomic E-state index is 12.6. The Hall–Kier alpha value is -2.74. The lowest BCUT2D eigenvalue weighted by Crippen LogP contribution is -2.41. The molecule has 0 saturated carbocycles. The Morgan fingerprint density at radius 2 is 1.82 bits per heavy atom. The number of carbonyl (C=O) groups excluding carboxylic acids is 1. The molecule has 152 valence electrons. The van der Waals surface area contributed by atoms with Gasteiger partial charge in [0, 0.05) is 11.6 Å². The molecule has 28 heavy (non-hydrogen) atoms. The highest BCUT2D eigenvalue weighted by Gasteiger charge is 2.23. The zero-order chi connectivity index (χ0) is 20.9. The molecular weight excluding hydrogens is 380 g/mol. The van der Waals surface area contributed by atoms with Gasteiger partial charge < -0.3 is 14.8 Å². The minimum atomic E-state index is -3.63. The summed E-state index contributed by atoms with van der Waals surface area (Å²) in [6.45, 7) is 3.30. The molecule has 0 radical (unpaired) electrons. The summed E-state index contributed by atoms with van der Waals surface area (Å²) in [7, 11) is -0.528. The first-order valence-electron chi connectivity index (χ1n) is 8.72. The molecule has 2 aromatic rings. The van der Waals surface area contributed by atoms with Crippen LogP contribution >= 0.6 is 0 Å². The number of hydrogen-bond acceptors (Lipinski definition) is 5. The summed E-state index contributed by atoms with van der Waals surface area (Å²) in [5.74, 6) is 0.798. The monoisotopic (exact) mass is 406 g/mol. The van der Waals surface area contributed by atoms with Crippen LogP contribution in [0.1, 0.15) is 24.1 Å². The van der Waals surface area contributed by atoms with Crippen LogP contribution in [0.5, 0.6) is 11.5 Å². The van der Waals surface area contributed by atoms with Gasteiger partial charge in [-0.05, 0) is 37.6 Å². The number of amides is 1. The van der Waals surface area contributed by atoms with E-state index in [0.29, 0.717) is 17.2 Å². The topological polar surface area (TPSA) is 84.9 Å². The van der Waals surface area contributed by atoms with Gasteiger partial charge in [0.05, 0.1) is 32.2 Å². The molecule has 2 rings (SSSR count). The lowest BCUT2D eigenvalue weighted by atomic mass is 10.1.